The summed E-state index contributed by atoms with van der Waals surface area (Å²) in [6.07, 6.45) is 0.223. The summed E-state index contributed by atoms with van der Waals surface area (Å²) in [4.78, 5) is 23.1. The fourth-order valence-electron chi connectivity index (χ4n) is 2.38. The predicted molar refractivity (Wildman–Crippen MR) is 79.8 cm³/mol. The van der Waals surface area contributed by atoms with Gasteiger partial charge in [-0.25, -0.2) is 4.79 Å². The van der Waals surface area contributed by atoms with Crippen LogP contribution in [0.5, 0.6) is 5.75 Å². The molecule has 2 rings (SSSR count). The molecule has 2 aromatic rings. The van der Waals surface area contributed by atoms with E-state index in [0.717, 1.165) is 6.07 Å². The second kappa shape index (κ2) is 6.44. The third-order valence-corrected chi connectivity index (χ3v) is 3.52. The molecule has 116 valence electrons. The van der Waals surface area contributed by atoms with E-state index in [0.29, 0.717) is 5.56 Å². The summed E-state index contributed by atoms with van der Waals surface area (Å²) < 4.78 is 1.23. The molecule has 3 N–H and O–H groups in total. The fourth-order valence-corrected chi connectivity index (χ4v) is 2.38. The van der Waals surface area contributed by atoms with E-state index in [1.165, 1.54) is 10.8 Å². The lowest BCUT2D eigenvalue weighted by molar-refractivity contribution is -0.141. The van der Waals surface area contributed by atoms with Crippen LogP contribution in [-0.4, -0.2) is 25.9 Å². The van der Waals surface area contributed by atoms with Crippen LogP contribution in [-0.2, 0) is 4.79 Å². The van der Waals surface area contributed by atoms with Gasteiger partial charge in [0.05, 0.1) is 5.69 Å². The van der Waals surface area contributed by atoms with Gasteiger partial charge in [0.15, 0.2) is 5.75 Å². The van der Waals surface area contributed by atoms with Crippen molar-refractivity contribution in [1.82, 2.24) is 4.57 Å². The first-order chi connectivity index (χ1) is 10.5. The summed E-state index contributed by atoms with van der Waals surface area (Å²) in [5.74, 6) is -1.74. The molecule has 0 amide bonds. The van der Waals surface area contributed by atoms with Gasteiger partial charge in [-0.15, -0.1) is 0 Å². The Morgan fingerprint density at radius 2 is 1.86 bits per heavy atom. The van der Waals surface area contributed by atoms with E-state index < -0.39 is 29.3 Å². The van der Waals surface area contributed by atoms with Crippen LogP contribution in [0.25, 0.3) is 0 Å². The van der Waals surface area contributed by atoms with Crippen LogP contribution < -0.4 is 5.43 Å². The highest BCUT2D eigenvalue weighted by molar-refractivity contribution is 5.72. The maximum Gasteiger partial charge on any atom is 0.326 e. The first-order valence-electron chi connectivity index (χ1n) is 6.87. The standard InChI is InChI=1S/C16H17NO5/c1-2-11(16(21)22)17-9-8-12(18)15(20)13(17)14(19)10-6-4-3-5-7-10/h3-9,11,14,19-20H,2H2,1H3,(H,21,22). The fraction of sp³-hybridized carbons (Fsp3) is 0.250. The van der Waals surface area contributed by atoms with E-state index in [9.17, 15) is 24.9 Å². The smallest absolute Gasteiger partial charge is 0.326 e. The summed E-state index contributed by atoms with van der Waals surface area (Å²) in [5, 5.41) is 29.8. The molecule has 0 spiro atoms. The molecule has 1 aromatic heterocycles. The van der Waals surface area contributed by atoms with Crippen LogP contribution in [0.4, 0.5) is 0 Å². The molecule has 0 aliphatic rings. The van der Waals surface area contributed by atoms with E-state index in [1.807, 2.05) is 0 Å². The average molecular weight is 303 g/mol. The summed E-state index contributed by atoms with van der Waals surface area (Å²) in [7, 11) is 0. The first-order valence-corrected chi connectivity index (χ1v) is 6.87. The molecule has 2 unspecified atom stereocenters. The van der Waals surface area contributed by atoms with Gasteiger partial charge < -0.3 is 19.9 Å². The maximum absolute atomic E-state index is 11.7. The topological polar surface area (TPSA) is 99.8 Å². The number of pyridine rings is 1. The van der Waals surface area contributed by atoms with Gasteiger partial charge in [0.2, 0.25) is 5.43 Å². The molecule has 0 saturated carbocycles. The van der Waals surface area contributed by atoms with Crippen LogP contribution >= 0.6 is 0 Å². The molecule has 6 heteroatoms. The number of benzene rings is 1. The Kier molecular flexibility index (Phi) is 4.62. The Balaban J connectivity index is 2.65. The number of aliphatic hydroxyl groups excluding tert-OH is 1. The molecule has 0 aliphatic carbocycles. The van der Waals surface area contributed by atoms with Crippen molar-refractivity contribution < 1.29 is 20.1 Å². The largest absolute Gasteiger partial charge is 0.503 e. The minimum atomic E-state index is -1.30. The van der Waals surface area contributed by atoms with Crippen molar-refractivity contribution in [1.29, 1.82) is 0 Å². The monoisotopic (exact) mass is 303 g/mol. The van der Waals surface area contributed by atoms with Gasteiger partial charge >= 0.3 is 5.97 Å². The minimum absolute atomic E-state index is 0.118. The Bertz CT molecular complexity index is 723. The molecule has 6 nitrogen and oxygen atoms in total. The zero-order valence-electron chi connectivity index (χ0n) is 12.0. The van der Waals surface area contributed by atoms with Gasteiger partial charge in [0.1, 0.15) is 12.1 Å². The lowest BCUT2D eigenvalue weighted by Gasteiger charge is -2.23. The lowest BCUT2D eigenvalue weighted by Crippen LogP contribution is -2.25. The number of nitrogens with zero attached hydrogens (tertiary/aromatic N) is 1. The zero-order valence-corrected chi connectivity index (χ0v) is 12.0. The molecular weight excluding hydrogens is 286 g/mol. The normalized spacial score (nSPS) is 13.5. The number of carboxylic acid groups (broad SMARTS) is 1. The van der Waals surface area contributed by atoms with E-state index >= 15 is 0 Å². The number of hydrogen-bond donors (Lipinski definition) is 3. The Hall–Kier alpha value is -2.60. The molecule has 22 heavy (non-hydrogen) atoms. The van der Waals surface area contributed by atoms with Gasteiger partial charge in [-0.2, -0.15) is 0 Å². The van der Waals surface area contributed by atoms with Crippen LogP contribution in [0, 0.1) is 0 Å². The SMILES string of the molecule is CCC(C(=O)O)n1ccc(=O)c(O)c1C(O)c1ccccc1. The van der Waals surface area contributed by atoms with Gasteiger partial charge in [0, 0.05) is 12.3 Å². The van der Waals surface area contributed by atoms with Crippen molar-refractivity contribution in [3.05, 3.63) is 64.1 Å². The lowest BCUT2D eigenvalue weighted by atomic mass is 10.0. The van der Waals surface area contributed by atoms with Crippen molar-refractivity contribution in [3.63, 3.8) is 0 Å². The Morgan fingerprint density at radius 1 is 1.23 bits per heavy atom. The number of rotatable bonds is 5. The van der Waals surface area contributed by atoms with Crippen molar-refractivity contribution >= 4 is 5.97 Å². The molecule has 1 aromatic carbocycles. The highest BCUT2D eigenvalue weighted by Crippen LogP contribution is 2.29. The summed E-state index contributed by atoms with van der Waals surface area (Å²) >= 11 is 0. The van der Waals surface area contributed by atoms with E-state index in [2.05, 4.69) is 0 Å². The number of aliphatic hydroxyl groups is 1. The van der Waals surface area contributed by atoms with Crippen LogP contribution in [0.3, 0.4) is 0 Å². The Labute approximate surface area is 126 Å². The molecule has 0 fully saturated rings. The summed E-state index contributed by atoms with van der Waals surface area (Å²) in [6, 6.07) is 8.54. The molecular formula is C16H17NO5. The highest BCUT2D eigenvalue weighted by atomic mass is 16.4. The maximum atomic E-state index is 11.7. The highest BCUT2D eigenvalue weighted by Gasteiger charge is 2.26. The van der Waals surface area contributed by atoms with Crippen LogP contribution in [0.1, 0.15) is 36.7 Å². The Morgan fingerprint density at radius 3 is 2.41 bits per heavy atom. The third kappa shape index (κ3) is 2.87. The first kappa shape index (κ1) is 15.8. The van der Waals surface area contributed by atoms with Crippen molar-refractivity contribution in [2.24, 2.45) is 0 Å². The quantitative estimate of drug-likeness (QED) is 0.780. The predicted octanol–water partition coefficient (Wildman–Crippen LogP) is 1.67. The molecule has 0 radical (unpaired) electrons. The van der Waals surface area contributed by atoms with Gasteiger partial charge in [-0.1, -0.05) is 37.3 Å². The van der Waals surface area contributed by atoms with E-state index in [4.69, 9.17) is 0 Å². The van der Waals surface area contributed by atoms with Crippen LogP contribution in [0.15, 0.2) is 47.4 Å². The molecule has 2 atom stereocenters. The molecule has 1 heterocycles. The average Bonchev–Trinajstić information content (AvgIpc) is 2.51. The second-order valence-electron chi connectivity index (χ2n) is 4.90. The van der Waals surface area contributed by atoms with Crippen molar-refractivity contribution in [2.75, 3.05) is 0 Å². The summed E-state index contributed by atoms with van der Waals surface area (Å²) in [5.41, 5.74) is -0.327. The van der Waals surface area contributed by atoms with Crippen molar-refractivity contribution in [2.45, 2.75) is 25.5 Å². The van der Waals surface area contributed by atoms with Gasteiger partial charge in [-0.05, 0) is 12.0 Å². The third-order valence-electron chi connectivity index (χ3n) is 3.52. The molecule has 0 bridgehead atoms. The number of aromatic hydroxyl groups is 1. The summed E-state index contributed by atoms with van der Waals surface area (Å²) in [6.45, 7) is 1.67. The number of carbonyl (C=O) groups is 1. The number of hydrogen-bond acceptors (Lipinski definition) is 4. The van der Waals surface area contributed by atoms with Crippen LogP contribution in [0.2, 0.25) is 0 Å². The number of aliphatic carboxylic acids is 1. The number of carboxylic acids is 1. The van der Waals surface area contributed by atoms with E-state index in [-0.39, 0.29) is 12.1 Å². The molecule has 0 saturated heterocycles. The van der Waals surface area contributed by atoms with E-state index in [1.54, 1.807) is 37.3 Å². The molecule has 0 aliphatic heterocycles. The zero-order chi connectivity index (χ0) is 16.3. The van der Waals surface area contributed by atoms with Gasteiger partial charge in [-0.3, -0.25) is 4.79 Å². The minimum Gasteiger partial charge on any atom is -0.503 e. The van der Waals surface area contributed by atoms with Gasteiger partial charge in [0.25, 0.3) is 0 Å². The second-order valence-corrected chi connectivity index (χ2v) is 4.90. The van der Waals surface area contributed by atoms with Crippen molar-refractivity contribution in [3.8, 4) is 5.75 Å². The number of aromatic nitrogens is 1.